The molecule has 3 N–H and O–H groups in total. The molecule has 0 aromatic carbocycles. The summed E-state index contributed by atoms with van der Waals surface area (Å²) in [5.41, 5.74) is 4.56. The van der Waals surface area contributed by atoms with Crippen molar-refractivity contribution in [3.05, 3.63) is 50.9 Å². The average molecular weight is 396 g/mol. The summed E-state index contributed by atoms with van der Waals surface area (Å²) in [6.45, 7) is 3.82. The van der Waals surface area contributed by atoms with Crippen molar-refractivity contribution in [1.29, 1.82) is 0 Å². The number of H-pyrrole nitrogens is 2. The van der Waals surface area contributed by atoms with Crippen molar-refractivity contribution in [3.63, 3.8) is 0 Å². The molecule has 9 heteroatoms. The fourth-order valence-corrected chi connectivity index (χ4v) is 4.15. The summed E-state index contributed by atoms with van der Waals surface area (Å²) in [5, 5.41) is 10.5. The summed E-state index contributed by atoms with van der Waals surface area (Å²) in [6, 6.07) is 3.82. The number of nitrogens with one attached hydrogen (secondary N) is 3. The number of anilines is 1. The van der Waals surface area contributed by atoms with E-state index in [4.69, 9.17) is 0 Å². The molecule has 0 saturated heterocycles. The van der Waals surface area contributed by atoms with Gasteiger partial charge in [-0.15, -0.1) is 11.3 Å². The Morgan fingerprint density at radius 1 is 1.36 bits per heavy atom. The lowest BCUT2D eigenvalue weighted by atomic mass is 10.0. The molecule has 0 spiro atoms. The van der Waals surface area contributed by atoms with Gasteiger partial charge in [-0.2, -0.15) is 5.10 Å². The topological polar surface area (TPSA) is 108 Å². The summed E-state index contributed by atoms with van der Waals surface area (Å²) >= 11 is 1.37. The van der Waals surface area contributed by atoms with Gasteiger partial charge in [0.15, 0.2) is 5.13 Å². The fourth-order valence-electron chi connectivity index (χ4n) is 3.42. The highest BCUT2D eigenvalue weighted by molar-refractivity contribution is 7.14. The van der Waals surface area contributed by atoms with Gasteiger partial charge < -0.3 is 15.3 Å². The van der Waals surface area contributed by atoms with Crippen LogP contribution in [0.15, 0.2) is 28.5 Å². The Bertz CT molecular complexity index is 1220. The van der Waals surface area contributed by atoms with Crippen LogP contribution in [0, 0.1) is 13.8 Å². The molecule has 4 aromatic heterocycles. The van der Waals surface area contributed by atoms with Crippen LogP contribution in [0.3, 0.4) is 0 Å². The normalized spacial score (nSPS) is 11.2. The van der Waals surface area contributed by atoms with Crippen LogP contribution in [0.4, 0.5) is 5.13 Å². The lowest BCUT2D eigenvalue weighted by Gasteiger charge is -2.07. The first-order valence-corrected chi connectivity index (χ1v) is 9.76. The predicted octanol–water partition coefficient (Wildman–Crippen LogP) is 2.90. The Labute approximate surface area is 164 Å². The molecule has 0 aliphatic heterocycles. The molecule has 0 unspecified atom stereocenters. The molecule has 0 aliphatic carbocycles. The molecule has 4 heterocycles. The molecule has 28 heavy (non-hydrogen) atoms. The van der Waals surface area contributed by atoms with Crippen LogP contribution >= 0.6 is 11.3 Å². The highest BCUT2D eigenvalue weighted by atomic mass is 32.1. The molecule has 0 saturated carbocycles. The third-order valence-corrected chi connectivity index (χ3v) is 5.54. The fraction of sp³-hybridized carbons (Fsp3) is 0.263. The number of hydrogen-bond donors (Lipinski definition) is 3. The van der Waals surface area contributed by atoms with Crippen LogP contribution in [0.2, 0.25) is 0 Å². The summed E-state index contributed by atoms with van der Waals surface area (Å²) in [5.74, 6) is -0.172. The number of aryl methyl sites for hydroxylation is 3. The van der Waals surface area contributed by atoms with Gasteiger partial charge in [0.25, 0.3) is 5.56 Å². The number of aromatic nitrogens is 5. The van der Waals surface area contributed by atoms with Crippen molar-refractivity contribution in [2.45, 2.75) is 26.7 Å². The summed E-state index contributed by atoms with van der Waals surface area (Å²) in [6.07, 6.45) is 2.38. The van der Waals surface area contributed by atoms with E-state index < -0.39 is 0 Å². The Kier molecular flexibility index (Phi) is 4.60. The molecule has 4 aromatic rings. The molecule has 0 radical (unpaired) electrons. The van der Waals surface area contributed by atoms with E-state index in [1.54, 1.807) is 11.7 Å². The zero-order valence-electron chi connectivity index (χ0n) is 15.8. The average Bonchev–Trinajstić information content (AvgIpc) is 3.36. The van der Waals surface area contributed by atoms with Crippen LogP contribution in [0.5, 0.6) is 0 Å². The number of carbonyl (C=O) groups is 1. The van der Waals surface area contributed by atoms with E-state index in [0.29, 0.717) is 22.8 Å². The van der Waals surface area contributed by atoms with E-state index in [1.807, 2.05) is 37.6 Å². The quantitative estimate of drug-likeness (QED) is 0.482. The second kappa shape index (κ2) is 7.08. The summed E-state index contributed by atoms with van der Waals surface area (Å²) in [7, 11) is 1.80. The number of rotatable bonds is 5. The number of nitrogens with zero attached hydrogens (tertiary/aromatic N) is 3. The molecule has 0 aliphatic rings. The minimum absolute atomic E-state index is 0.172. The molecule has 0 bridgehead atoms. The number of aromatic amines is 2. The largest absolute Gasteiger partial charge is 0.360 e. The van der Waals surface area contributed by atoms with E-state index in [1.165, 1.54) is 11.3 Å². The van der Waals surface area contributed by atoms with Crippen molar-refractivity contribution >= 4 is 33.4 Å². The zero-order valence-corrected chi connectivity index (χ0v) is 16.6. The second-order valence-corrected chi connectivity index (χ2v) is 7.52. The van der Waals surface area contributed by atoms with E-state index in [0.717, 1.165) is 28.0 Å². The van der Waals surface area contributed by atoms with Crippen LogP contribution in [0.25, 0.3) is 22.4 Å². The monoisotopic (exact) mass is 396 g/mol. The molecular formula is C19H20N6O2S. The minimum Gasteiger partial charge on any atom is -0.360 e. The van der Waals surface area contributed by atoms with Crippen molar-refractivity contribution in [2.75, 3.05) is 5.32 Å². The minimum atomic E-state index is -0.177. The molecular weight excluding hydrogens is 376 g/mol. The van der Waals surface area contributed by atoms with Gasteiger partial charge in [-0.25, -0.2) is 4.98 Å². The number of amides is 1. The van der Waals surface area contributed by atoms with Gasteiger partial charge in [-0.1, -0.05) is 0 Å². The first kappa shape index (κ1) is 18.2. The first-order chi connectivity index (χ1) is 13.4. The molecule has 1 amide bonds. The first-order valence-electron chi connectivity index (χ1n) is 8.88. The third-order valence-electron chi connectivity index (χ3n) is 4.78. The van der Waals surface area contributed by atoms with Gasteiger partial charge in [0.05, 0.1) is 17.1 Å². The smallest absolute Gasteiger partial charge is 0.253 e. The Balaban J connectivity index is 1.48. The standard InChI is InChI=1S/C19H20N6O2S/c1-10-12(18(27)23-17-16(10)11(2)24-25(17)3)6-7-15(26)22-19-21-14(9-28-19)13-5-4-8-20-13/h4-5,8-9,20H,6-7H2,1-3H3,(H,23,27)(H,21,22,26). The van der Waals surface area contributed by atoms with Gasteiger partial charge in [0.1, 0.15) is 5.65 Å². The van der Waals surface area contributed by atoms with Gasteiger partial charge in [0, 0.05) is 36.0 Å². The molecule has 144 valence electrons. The number of hydrogen-bond acceptors (Lipinski definition) is 5. The lowest BCUT2D eigenvalue weighted by Crippen LogP contribution is -2.19. The van der Waals surface area contributed by atoms with Crippen molar-refractivity contribution in [1.82, 2.24) is 24.7 Å². The van der Waals surface area contributed by atoms with E-state index in [2.05, 4.69) is 25.4 Å². The number of carbonyl (C=O) groups excluding carboxylic acids is 1. The maximum Gasteiger partial charge on any atom is 0.253 e. The van der Waals surface area contributed by atoms with E-state index in [9.17, 15) is 9.59 Å². The number of fused-ring (bicyclic) bond motifs is 1. The summed E-state index contributed by atoms with van der Waals surface area (Å²) in [4.78, 5) is 35.2. The molecule has 4 rings (SSSR count). The van der Waals surface area contributed by atoms with Gasteiger partial charge >= 0.3 is 0 Å². The highest BCUT2D eigenvalue weighted by Crippen LogP contribution is 2.24. The van der Waals surface area contributed by atoms with Crippen molar-refractivity contribution in [3.8, 4) is 11.4 Å². The van der Waals surface area contributed by atoms with E-state index in [-0.39, 0.29) is 17.9 Å². The number of pyridine rings is 1. The molecule has 0 atom stereocenters. The Morgan fingerprint density at radius 2 is 2.18 bits per heavy atom. The highest BCUT2D eigenvalue weighted by Gasteiger charge is 2.16. The van der Waals surface area contributed by atoms with Crippen LogP contribution in [-0.2, 0) is 18.3 Å². The van der Waals surface area contributed by atoms with Crippen molar-refractivity contribution < 1.29 is 4.79 Å². The molecule has 0 fully saturated rings. The maximum absolute atomic E-state index is 12.5. The van der Waals surface area contributed by atoms with Crippen LogP contribution < -0.4 is 10.9 Å². The number of thiazole rings is 1. The van der Waals surface area contributed by atoms with Crippen molar-refractivity contribution in [2.24, 2.45) is 7.05 Å². The summed E-state index contributed by atoms with van der Waals surface area (Å²) < 4.78 is 1.67. The zero-order chi connectivity index (χ0) is 19.8. The molecule has 8 nitrogen and oxygen atoms in total. The predicted molar refractivity (Wildman–Crippen MR) is 110 cm³/mol. The van der Waals surface area contributed by atoms with Crippen LogP contribution in [0.1, 0.15) is 23.2 Å². The SMILES string of the molecule is Cc1nn(C)c2[nH]c(=O)c(CCC(=O)Nc3nc(-c4ccc[nH]4)cs3)c(C)c12. The Hall–Kier alpha value is -3.20. The van der Waals surface area contributed by atoms with Gasteiger partial charge in [-0.05, 0) is 38.0 Å². The van der Waals surface area contributed by atoms with Gasteiger partial charge in [-0.3, -0.25) is 14.3 Å². The third kappa shape index (κ3) is 3.24. The van der Waals surface area contributed by atoms with E-state index >= 15 is 0 Å². The Morgan fingerprint density at radius 3 is 2.93 bits per heavy atom. The van der Waals surface area contributed by atoms with Crippen LogP contribution in [-0.4, -0.2) is 30.6 Å². The maximum atomic E-state index is 12.5. The second-order valence-electron chi connectivity index (χ2n) is 6.66. The lowest BCUT2D eigenvalue weighted by molar-refractivity contribution is -0.116. The van der Waals surface area contributed by atoms with Gasteiger partial charge in [0.2, 0.25) is 5.91 Å².